The lowest BCUT2D eigenvalue weighted by Crippen LogP contribution is -2.43. The van der Waals surface area contributed by atoms with Gasteiger partial charge in [0.2, 0.25) is 5.91 Å². The van der Waals surface area contributed by atoms with Gasteiger partial charge in [-0.15, -0.1) is 0 Å². The first-order valence-corrected chi connectivity index (χ1v) is 8.03. The number of carbonyl (C=O) groups is 1. The van der Waals surface area contributed by atoms with Crippen LogP contribution >= 0.6 is 0 Å². The molecule has 2 N–H and O–H groups in total. The zero-order chi connectivity index (χ0) is 16.7. The Morgan fingerprint density at radius 2 is 1.96 bits per heavy atom. The topological polar surface area (TPSA) is 87.5 Å². The van der Waals surface area contributed by atoms with Crippen molar-refractivity contribution in [2.75, 3.05) is 32.0 Å². The maximum atomic E-state index is 12.1. The number of rotatable bonds is 7. The summed E-state index contributed by atoms with van der Waals surface area (Å²) in [6, 6.07) is 6.84. The molecule has 2 rings (SSSR count). The molecular formula is C16H24N4O3. The van der Waals surface area contributed by atoms with Crippen LogP contribution in [0.3, 0.4) is 0 Å². The first kappa shape index (κ1) is 17.2. The molecule has 1 fully saturated rings. The van der Waals surface area contributed by atoms with Crippen molar-refractivity contribution in [2.24, 2.45) is 0 Å². The average molecular weight is 320 g/mol. The minimum Gasteiger partial charge on any atom is -0.385 e. The lowest BCUT2D eigenvalue weighted by atomic mass is 10.0. The molecule has 1 aliphatic rings. The molecule has 1 aromatic rings. The first-order chi connectivity index (χ1) is 11.1. The van der Waals surface area contributed by atoms with Crippen LogP contribution in [0.4, 0.5) is 11.4 Å². The van der Waals surface area contributed by atoms with Gasteiger partial charge in [-0.2, -0.15) is 0 Å². The van der Waals surface area contributed by atoms with E-state index in [4.69, 9.17) is 0 Å². The van der Waals surface area contributed by atoms with Gasteiger partial charge in [-0.05, 0) is 38.4 Å². The summed E-state index contributed by atoms with van der Waals surface area (Å²) in [7, 11) is 1.96. The Bertz CT molecular complexity index is 525. The third-order valence-corrected chi connectivity index (χ3v) is 4.23. The van der Waals surface area contributed by atoms with Crippen molar-refractivity contribution in [1.82, 2.24) is 10.2 Å². The number of carbonyl (C=O) groups excluding carboxylic acids is 1. The first-order valence-electron chi connectivity index (χ1n) is 8.03. The number of non-ortho nitro benzene ring substituents is 1. The van der Waals surface area contributed by atoms with Crippen LogP contribution < -0.4 is 10.6 Å². The van der Waals surface area contributed by atoms with Gasteiger partial charge in [-0.25, -0.2) is 0 Å². The van der Waals surface area contributed by atoms with Gasteiger partial charge in [0.15, 0.2) is 0 Å². The highest BCUT2D eigenvalue weighted by molar-refractivity contribution is 5.76. The second kappa shape index (κ2) is 8.47. The SMILES string of the molecule is CNC1CCN(C(=O)CCCNc2ccc([N+](=O)[O-])cc2)CC1. The number of nitro groups is 1. The van der Waals surface area contributed by atoms with Crippen molar-refractivity contribution in [3.05, 3.63) is 34.4 Å². The molecule has 0 aromatic heterocycles. The minimum absolute atomic E-state index is 0.0794. The van der Waals surface area contributed by atoms with Gasteiger partial charge >= 0.3 is 0 Å². The van der Waals surface area contributed by atoms with Gasteiger partial charge in [0.05, 0.1) is 4.92 Å². The zero-order valence-corrected chi connectivity index (χ0v) is 13.5. The van der Waals surface area contributed by atoms with Crippen LogP contribution in [0.25, 0.3) is 0 Å². The zero-order valence-electron chi connectivity index (χ0n) is 13.5. The molecule has 7 nitrogen and oxygen atoms in total. The number of nitrogens with one attached hydrogen (secondary N) is 2. The van der Waals surface area contributed by atoms with E-state index in [1.54, 1.807) is 12.1 Å². The highest BCUT2D eigenvalue weighted by Gasteiger charge is 2.21. The van der Waals surface area contributed by atoms with Crippen LogP contribution in [0, 0.1) is 10.1 Å². The van der Waals surface area contributed by atoms with Crippen LogP contribution in [0.15, 0.2) is 24.3 Å². The summed E-state index contributed by atoms with van der Waals surface area (Å²) in [5, 5.41) is 17.0. The third kappa shape index (κ3) is 5.21. The van der Waals surface area contributed by atoms with E-state index in [0.29, 0.717) is 19.0 Å². The Balaban J connectivity index is 1.65. The van der Waals surface area contributed by atoms with Gasteiger partial charge in [-0.1, -0.05) is 0 Å². The molecular weight excluding hydrogens is 296 g/mol. The Kier molecular flexibility index (Phi) is 6.34. The lowest BCUT2D eigenvalue weighted by molar-refractivity contribution is -0.384. The summed E-state index contributed by atoms with van der Waals surface area (Å²) < 4.78 is 0. The van der Waals surface area contributed by atoms with Crippen molar-refractivity contribution in [1.29, 1.82) is 0 Å². The molecule has 0 aliphatic carbocycles. The Hall–Kier alpha value is -2.15. The number of benzene rings is 1. The molecule has 0 spiro atoms. The summed E-state index contributed by atoms with van der Waals surface area (Å²) in [6.07, 6.45) is 3.32. The van der Waals surface area contributed by atoms with E-state index < -0.39 is 4.92 Å². The fraction of sp³-hybridized carbons (Fsp3) is 0.562. The molecule has 1 heterocycles. The number of nitro benzene ring substituents is 1. The molecule has 1 amide bonds. The third-order valence-electron chi connectivity index (χ3n) is 4.23. The molecule has 0 bridgehead atoms. The second-order valence-corrected chi connectivity index (χ2v) is 5.78. The summed E-state index contributed by atoms with van der Waals surface area (Å²) in [6.45, 7) is 2.34. The molecule has 0 unspecified atom stereocenters. The molecule has 1 aromatic carbocycles. The van der Waals surface area contributed by atoms with Gasteiger partial charge in [-0.3, -0.25) is 14.9 Å². The van der Waals surface area contributed by atoms with E-state index in [9.17, 15) is 14.9 Å². The highest BCUT2D eigenvalue weighted by Crippen LogP contribution is 2.16. The fourth-order valence-corrected chi connectivity index (χ4v) is 2.75. The molecule has 23 heavy (non-hydrogen) atoms. The molecule has 0 saturated carbocycles. The number of nitrogens with zero attached hydrogens (tertiary/aromatic N) is 2. The quantitative estimate of drug-likeness (QED) is 0.456. The molecule has 1 saturated heterocycles. The van der Waals surface area contributed by atoms with Gasteiger partial charge < -0.3 is 15.5 Å². The van der Waals surface area contributed by atoms with Crippen LogP contribution in [-0.4, -0.2) is 48.5 Å². The van der Waals surface area contributed by atoms with Crippen LogP contribution in [0.1, 0.15) is 25.7 Å². The van der Waals surface area contributed by atoms with E-state index >= 15 is 0 Å². The predicted octanol–water partition coefficient (Wildman–Crippen LogP) is 2.00. The monoisotopic (exact) mass is 320 g/mol. The van der Waals surface area contributed by atoms with Crippen molar-refractivity contribution >= 4 is 17.3 Å². The molecule has 1 aliphatic heterocycles. The smallest absolute Gasteiger partial charge is 0.269 e. The van der Waals surface area contributed by atoms with Crippen molar-refractivity contribution in [3.8, 4) is 0 Å². The van der Waals surface area contributed by atoms with E-state index in [2.05, 4.69) is 10.6 Å². The second-order valence-electron chi connectivity index (χ2n) is 5.78. The maximum absolute atomic E-state index is 12.1. The van der Waals surface area contributed by atoms with Gasteiger partial charge in [0.25, 0.3) is 5.69 Å². The number of hydrogen-bond acceptors (Lipinski definition) is 5. The van der Waals surface area contributed by atoms with Gasteiger partial charge in [0, 0.05) is 49.9 Å². The van der Waals surface area contributed by atoms with Crippen molar-refractivity contribution in [3.63, 3.8) is 0 Å². The standard InChI is InChI=1S/C16H24N4O3/c1-17-13-8-11-19(12-9-13)16(21)3-2-10-18-14-4-6-15(7-5-14)20(22)23/h4-7,13,17-18H,2-3,8-12H2,1H3. The number of amides is 1. The van der Waals surface area contributed by atoms with Crippen LogP contribution in [-0.2, 0) is 4.79 Å². The molecule has 7 heteroatoms. The maximum Gasteiger partial charge on any atom is 0.269 e. The highest BCUT2D eigenvalue weighted by atomic mass is 16.6. The van der Waals surface area contributed by atoms with E-state index in [0.717, 1.165) is 38.0 Å². The Morgan fingerprint density at radius 3 is 2.52 bits per heavy atom. The average Bonchev–Trinajstić information content (AvgIpc) is 2.59. The summed E-state index contributed by atoms with van der Waals surface area (Å²) in [5.74, 6) is 0.213. The summed E-state index contributed by atoms with van der Waals surface area (Å²) in [5.41, 5.74) is 0.911. The predicted molar refractivity (Wildman–Crippen MR) is 89.5 cm³/mol. The number of hydrogen-bond donors (Lipinski definition) is 2. The van der Waals surface area contributed by atoms with Crippen molar-refractivity contribution < 1.29 is 9.72 Å². The normalized spacial score (nSPS) is 15.4. The minimum atomic E-state index is -0.417. The summed E-state index contributed by atoms with van der Waals surface area (Å²) in [4.78, 5) is 24.2. The molecule has 0 atom stereocenters. The van der Waals surface area contributed by atoms with Crippen LogP contribution in [0.5, 0.6) is 0 Å². The molecule has 126 valence electrons. The van der Waals surface area contributed by atoms with Crippen LogP contribution in [0.2, 0.25) is 0 Å². The van der Waals surface area contributed by atoms with Gasteiger partial charge in [0.1, 0.15) is 0 Å². The summed E-state index contributed by atoms with van der Waals surface area (Å²) >= 11 is 0. The molecule has 0 radical (unpaired) electrons. The largest absolute Gasteiger partial charge is 0.385 e. The fourth-order valence-electron chi connectivity index (χ4n) is 2.75. The van der Waals surface area contributed by atoms with E-state index in [1.807, 2.05) is 11.9 Å². The van der Waals surface area contributed by atoms with E-state index in [-0.39, 0.29) is 11.6 Å². The number of likely N-dealkylation sites (tertiary alicyclic amines) is 1. The Labute approximate surface area is 136 Å². The lowest BCUT2D eigenvalue weighted by Gasteiger charge is -2.31. The van der Waals surface area contributed by atoms with Crippen molar-refractivity contribution in [2.45, 2.75) is 31.7 Å². The number of anilines is 1. The Morgan fingerprint density at radius 1 is 1.30 bits per heavy atom. The van der Waals surface area contributed by atoms with E-state index in [1.165, 1.54) is 12.1 Å². The number of piperidine rings is 1.